The normalized spacial score (nSPS) is 13.2. The second kappa shape index (κ2) is 4.40. The van der Waals surface area contributed by atoms with Crippen LogP contribution in [0.3, 0.4) is 0 Å². The van der Waals surface area contributed by atoms with Crippen LogP contribution in [0.4, 0.5) is 0 Å². The Balaban J connectivity index is 3.54. The summed E-state index contributed by atoms with van der Waals surface area (Å²) >= 11 is -2.71. The minimum Gasteiger partial charge on any atom is -0.740 e. The van der Waals surface area contributed by atoms with E-state index in [1.807, 2.05) is 0 Å². The summed E-state index contributed by atoms with van der Waals surface area (Å²) in [4.78, 5) is 10.4. The Bertz CT molecular complexity index is 143. The maximum absolute atomic E-state index is 10.4. The molecule has 0 N–H and O–H groups in total. The largest absolute Gasteiger partial charge is 0.740 e. The van der Waals surface area contributed by atoms with Gasteiger partial charge in [-0.2, -0.15) is 0 Å². The first-order valence-electron chi connectivity index (χ1n) is 2.82. The summed E-state index contributed by atoms with van der Waals surface area (Å²) in [6.07, 6.45) is 0.133. The molecule has 0 radical (unpaired) electrons. The maximum atomic E-state index is 10.4. The minimum atomic E-state index is -2.71. The van der Waals surface area contributed by atoms with Gasteiger partial charge >= 0.3 is 5.97 Å². The third-order valence-electron chi connectivity index (χ3n) is 0.736. The molecular formula is C5H9O4S-. The first-order chi connectivity index (χ1) is 4.52. The van der Waals surface area contributed by atoms with Gasteiger partial charge < -0.3 is 8.74 Å². The van der Waals surface area contributed by atoms with Crippen molar-refractivity contribution in [1.82, 2.24) is 0 Å². The van der Waals surface area contributed by atoms with E-state index >= 15 is 0 Å². The van der Waals surface area contributed by atoms with Gasteiger partial charge in [-0.3, -0.25) is 4.79 Å². The van der Waals surface area contributed by atoms with Gasteiger partial charge in [0, 0.05) is 6.42 Å². The molecule has 10 heavy (non-hydrogen) atoms. The van der Waals surface area contributed by atoms with Crippen molar-refractivity contribution in [3.8, 4) is 0 Å². The third-order valence-corrected chi connectivity index (χ3v) is 1.06. The molecule has 0 amide bonds. The van der Waals surface area contributed by atoms with Gasteiger partial charge in [-0.1, -0.05) is 13.8 Å². The SMILES string of the molecule is CC(C)CC(=O)OS(=O)[O-]. The fraction of sp³-hybridized carbons (Fsp3) is 0.800. The Labute approximate surface area is 62.1 Å². The van der Waals surface area contributed by atoms with Gasteiger partial charge in [0.15, 0.2) is 0 Å². The minimum absolute atomic E-state index is 0.121. The van der Waals surface area contributed by atoms with Crippen LogP contribution >= 0.6 is 0 Å². The van der Waals surface area contributed by atoms with Crippen molar-refractivity contribution in [2.75, 3.05) is 0 Å². The zero-order valence-electron chi connectivity index (χ0n) is 5.83. The van der Waals surface area contributed by atoms with Crippen molar-refractivity contribution >= 4 is 17.3 Å². The molecule has 60 valence electrons. The zero-order chi connectivity index (χ0) is 8.15. The Morgan fingerprint density at radius 1 is 1.70 bits per heavy atom. The van der Waals surface area contributed by atoms with Crippen LogP contribution in [0.15, 0.2) is 0 Å². The van der Waals surface area contributed by atoms with Crippen molar-refractivity contribution < 1.29 is 17.7 Å². The molecule has 0 heterocycles. The van der Waals surface area contributed by atoms with Crippen LogP contribution in [0.1, 0.15) is 20.3 Å². The molecule has 1 atom stereocenters. The lowest BCUT2D eigenvalue weighted by atomic mass is 10.1. The van der Waals surface area contributed by atoms with Crippen LogP contribution in [-0.2, 0) is 20.3 Å². The van der Waals surface area contributed by atoms with Crippen LogP contribution in [-0.4, -0.2) is 14.7 Å². The highest BCUT2D eigenvalue weighted by Gasteiger charge is 2.05. The Morgan fingerprint density at radius 3 is 2.50 bits per heavy atom. The van der Waals surface area contributed by atoms with E-state index in [0.717, 1.165) is 0 Å². The molecule has 0 bridgehead atoms. The topological polar surface area (TPSA) is 66.4 Å². The van der Waals surface area contributed by atoms with Crippen molar-refractivity contribution in [1.29, 1.82) is 0 Å². The summed E-state index contributed by atoms with van der Waals surface area (Å²) in [6.45, 7) is 3.60. The van der Waals surface area contributed by atoms with E-state index in [0.29, 0.717) is 0 Å². The molecule has 0 aliphatic rings. The van der Waals surface area contributed by atoms with Gasteiger partial charge in [-0.05, 0) is 5.92 Å². The lowest BCUT2D eigenvalue weighted by Crippen LogP contribution is -2.09. The van der Waals surface area contributed by atoms with Gasteiger partial charge in [0.2, 0.25) is 0 Å². The van der Waals surface area contributed by atoms with Crippen LogP contribution in [0.5, 0.6) is 0 Å². The fourth-order valence-corrected chi connectivity index (χ4v) is 0.663. The van der Waals surface area contributed by atoms with Crippen molar-refractivity contribution in [3.63, 3.8) is 0 Å². The second-order valence-electron chi connectivity index (χ2n) is 2.26. The van der Waals surface area contributed by atoms with E-state index in [1.165, 1.54) is 0 Å². The smallest absolute Gasteiger partial charge is 0.319 e. The quantitative estimate of drug-likeness (QED) is 0.566. The van der Waals surface area contributed by atoms with E-state index in [2.05, 4.69) is 4.18 Å². The van der Waals surface area contributed by atoms with E-state index < -0.39 is 17.3 Å². The molecule has 0 aliphatic carbocycles. The second-order valence-corrected chi connectivity index (χ2v) is 2.83. The van der Waals surface area contributed by atoms with E-state index in [1.54, 1.807) is 13.8 Å². The average Bonchev–Trinajstić information content (AvgIpc) is 1.58. The molecule has 0 aliphatic heterocycles. The summed E-state index contributed by atoms with van der Waals surface area (Å²) in [5.41, 5.74) is 0. The van der Waals surface area contributed by atoms with Crippen LogP contribution < -0.4 is 0 Å². The van der Waals surface area contributed by atoms with Crippen LogP contribution in [0, 0.1) is 5.92 Å². The third kappa shape index (κ3) is 5.71. The van der Waals surface area contributed by atoms with Crippen molar-refractivity contribution in [3.05, 3.63) is 0 Å². The average molecular weight is 165 g/mol. The van der Waals surface area contributed by atoms with Crippen LogP contribution in [0.2, 0.25) is 0 Å². The molecule has 0 fully saturated rings. The lowest BCUT2D eigenvalue weighted by molar-refractivity contribution is -0.134. The first kappa shape index (κ1) is 9.58. The Kier molecular flexibility index (Phi) is 4.22. The zero-order valence-corrected chi connectivity index (χ0v) is 6.64. The fourth-order valence-electron chi connectivity index (χ4n) is 0.443. The standard InChI is InChI=1S/C5H10O4S/c1-4(2)3-5(6)9-10(7)8/h4H,3H2,1-2H3,(H,7,8)/p-1. The summed E-state index contributed by atoms with van der Waals surface area (Å²) in [5, 5.41) is 0. The molecule has 4 nitrogen and oxygen atoms in total. The first-order valence-corrected chi connectivity index (χ1v) is 3.82. The summed E-state index contributed by atoms with van der Waals surface area (Å²) in [6, 6.07) is 0. The predicted octanol–water partition coefficient (Wildman–Crippen LogP) is 0.370. The molecule has 0 saturated heterocycles. The molecule has 0 rings (SSSR count). The van der Waals surface area contributed by atoms with Gasteiger partial charge in [0.05, 0.1) is 0 Å². The maximum Gasteiger partial charge on any atom is 0.319 e. The molecule has 0 aromatic carbocycles. The molecule has 0 aromatic rings. The molecule has 1 unspecified atom stereocenters. The van der Waals surface area contributed by atoms with Crippen LogP contribution in [0.25, 0.3) is 0 Å². The highest BCUT2D eigenvalue weighted by atomic mass is 32.2. The van der Waals surface area contributed by atoms with Gasteiger partial charge in [0.25, 0.3) is 0 Å². The van der Waals surface area contributed by atoms with Gasteiger partial charge in [0.1, 0.15) is 11.4 Å². The number of carbonyl (C=O) groups excluding carboxylic acids is 1. The predicted molar refractivity (Wildman–Crippen MR) is 34.5 cm³/mol. The van der Waals surface area contributed by atoms with E-state index in [-0.39, 0.29) is 12.3 Å². The van der Waals surface area contributed by atoms with Crippen molar-refractivity contribution in [2.24, 2.45) is 5.92 Å². The molecule has 0 aromatic heterocycles. The Morgan fingerprint density at radius 2 is 2.20 bits per heavy atom. The van der Waals surface area contributed by atoms with E-state index in [4.69, 9.17) is 0 Å². The highest BCUT2D eigenvalue weighted by molar-refractivity contribution is 7.74. The monoisotopic (exact) mass is 165 g/mol. The summed E-state index contributed by atoms with van der Waals surface area (Å²) in [7, 11) is 0. The van der Waals surface area contributed by atoms with Gasteiger partial charge in [-0.25, -0.2) is 4.21 Å². The summed E-state index contributed by atoms with van der Waals surface area (Å²) in [5.74, 6) is -0.584. The number of carbonyl (C=O) groups is 1. The number of hydrogen-bond acceptors (Lipinski definition) is 4. The molecular weight excluding hydrogens is 156 g/mol. The number of hydrogen-bond donors (Lipinski definition) is 0. The number of rotatable bonds is 3. The summed E-state index contributed by atoms with van der Waals surface area (Å²) < 4.78 is 23.3. The highest BCUT2D eigenvalue weighted by Crippen LogP contribution is 2.00. The van der Waals surface area contributed by atoms with E-state index in [9.17, 15) is 13.6 Å². The molecule has 0 spiro atoms. The molecule has 5 heteroatoms. The Hall–Kier alpha value is -0.420. The lowest BCUT2D eigenvalue weighted by Gasteiger charge is -2.06. The van der Waals surface area contributed by atoms with Gasteiger partial charge in [-0.15, -0.1) is 0 Å². The molecule has 0 saturated carbocycles. The van der Waals surface area contributed by atoms with Crippen molar-refractivity contribution in [2.45, 2.75) is 20.3 Å².